The number of carbonyl (C=O) groups excluding carboxylic acids is 1. The minimum Gasteiger partial charge on any atom is -0.461 e. The molecule has 0 spiro atoms. The van der Waals surface area contributed by atoms with E-state index < -0.39 is 5.92 Å². The fourth-order valence-electron chi connectivity index (χ4n) is 5.02. The summed E-state index contributed by atoms with van der Waals surface area (Å²) in [5.74, 6) is 0.0354. The summed E-state index contributed by atoms with van der Waals surface area (Å²) in [5, 5.41) is 9.67. The summed E-state index contributed by atoms with van der Waals surface area (Å²) in [5.41, 5.74) is 0.820. The topological polar surface area (TPSA) is 63.5 Å². The first-order chi connectivity index (χ1) is 12.2. The van der Waals surface area contributed by atoms with Crippen molar-refractivity contribution >= 4 is 5.97 Å². The van der Waals surface area contributed by atoms with Crippen molar-refractivity contribution in [3.63, 3.8) is 0 Å². The summed E-state index contributed by atoms with van der Waals surface area (Å²) in [6.07, 6.45) is 5.33. The van der Waals surface area contributed by atoms with Crippen LogP contribution in [0.4, 0.5) is 0 Å². The van der Waals surface area contributed by atoms with E-state index in [1.165, 1.54) is 19.4 Å². The lowest BCUT2D eigenvalue weighted by Crippen LogP contribution is -3.20. The number of morpholine rings is 1. The lowest BCUT2D eigenvalue weighted by Gasteiger charge is -2.38. The molecule has 5 heteroatoms. The molecular weight excluding hydrogens is 318 g/mol. The number of aliphatic hydroxyl groups excluding tert-OH is 1. The fourth-order valence-corrected chi connectivity index (χ4v) is 5.02. The number of nitrogens with one attached hydrogen (secondary N) is 1. The van der Waals surface area contributed by atoms with Gasteiger partial charge in [0.2, 0.25) is 0 Å². The molecular formula is C20H26NO4+. The van der Waals surface area contributed by atoms with Gasteiger partial charge in [0.1, 0.15) is 36.3 Å². The third-order valence-corrected chi connectivity index (χ3v) is 6.51. The smallest absolute Gasteiger partial charge is 0.316 e. The van der Waals surface area contributed by atoms with E-state index in [1.54, 1.807) is 4.90 Å². The van der Waals surface area contributed by atoms with Crippen LogP contribution in [0, 0.1) is 5.92 Å². The molecule has 0 radical (unpaired) electrons. The van der Waals surface area contributed by atoms with Gasteiger partial charge in [-0.15, -0.1) is 0 Å². The first kappa shape index (κ1) is 15.8. The first-order valence-corrected chi connectivity index (χ1v) is 9.62. The standard InChI is InChI=1S/C20H25NO4/c22-11-15(13-4-2-1-3-5-13)20(23)24-14-8-16-18-19(25-18)17(9-14)21(16)10-12-6-7-12/h1-5,12,14-19,22H,6-11H2/p+1/t14?,15-,16-,17+,18-,19+/m1/s1. The number of quaternary nitrogens is 1. The summed E-state index contributed by atoms with van der Waals surface area (Å²) in [6.45, 7) is 1.06. The van der Waals surface area contributed by atoms with E-state index in [9.17, 15) is 9.90 Å². The van der Waals surface area contributed by atoms with Crippen LogP contribution in [-0.2, 0) is 14.3 Å². The Morgan fingerprint density at radius 2 is 1.88 bits per heavy atom. The number of fused-ring (bicyclic) bond motifs is 5. The maximum atomic E-state index is 12.6. The Bertz CT molecular complexity index is 628. The SMILES string of the molecule is O=C(OC1C[C@@H]2[C@H]3O[C@H]3[C@H](C1)[NH+]2CC1CC1)[C@H](CO)c1ccccc1. The number of esters is 1. The van der Waals surface area contributed by atoms with Crippen LogP contribution < -0.4 is 4.90 Å². The van der Waals surface area contributed by atoms with E-state index in [-0.39, 0.29) is 18.7 Å². The molecule has 1 aromatic carbocycles. The number of rotatable bonds is 6. The van der Waals surface area contributed by atoms with E-state index >= 15 is 0 Å². The highest BCUT2D eigenvalue weighted by molar-refractivity contribution is 5.78. The second-order valence-electron chi connectivity index (χ2n) is 8.18. The quantitative estimate of drug-likeness (QED) is 0.575. The van der Waals surface area contributed by atoms with Crippen LogP contribution in [0.25, 0.3) is 0 Å². The van der Waals surface area contributed by atoms with E-state index in [0.29, 0.717) is 24.3 Å². The molecule has 4 aliphatic rings. The van der Waals surface area contributed by atoms with Gasteiger partial charge in [0.15, 0.2) is 0 Å². The maximum Gasteiger partial charge on any atom is 0.316 e. The van der Waals surface area contributed by atoms with Crippen LogP contribution in [0.5, 0.6) is 0 Å². The van der Waals surface area contributed by atoms with Crippen molar-refractivity contribution in [1.29, 1.82) is 0 Å². The average molecular weight is 344 g/mol. The molecule has 1 aromatic rings. The predicted octanol–water partition coefficient (Wildman–Crippen LogP) is 0.281. The molecule has 4 fully saturated rings. The van der Waals surface area contributed by atoms with Crippen LogP contribution in [0.1, 0.15) is 37.2 Å². The highest BCUT2D eigenvalue weighted by Crippen LogP contribution is 2.41. The Hall–Kier alpha value is -1.43. The summed E-state index contributed by atoms with van der Waals surface area (Å²) in [4.78, 5) is 14.3. The average Bonchev–Trinajstić information content (AvgIpc) is 3.51. The van der Waals surface area contributed by atoms with Gasteiger partial charge in [-0.3, -0.25) is 4.79 Å². The van der Waals surface area contributed by atoms with Crippen LogP contribution in [0.3, 0.4) is 0 Å². The van der Waals surface area contributed by atoms with Gasteiger partial charge in [0.25, 0.3) is 0 Å². The molecule has 134 valence electrons. The molecule has 25 heavy (non-hydrogen) atoms. The second kappa shape index (κ2) is 6.08. The maximum absolute atomic E-state index is 12.6. The molecule has 3 aliphatic heterocycles. The monoisotopic (exact) mass is 344 g/mol. The highest BCUT2D eigenvalue weighted by Gasteiger charge is 2.68. The number of hydrogen-bond donors (Lipinski definition) is 2. The fraction of sp³-hybridized carbons (Fsp3) is 0.650. The zero-order valence-electron chi connectivity index (χ0n) is 14.3. The van der Waals surface area contributed by atoms with Crippen molar-refractivity contribution in [2.24, 2.45) is 5.92 Å². The molecule has 0 amide bonds. The third kappa shape index (κ3) is 2.88. The predicted molar refractivity (Wildman–Crippen MR) is 90.2 cm³/mol. The van der Waals surface area contributed by atoms with Gasteiger partial charge in [0, 0.05) is 18.8 Å². The van der Waals surface area contributed by atoms with Crippen LogP contribution >= 0.6 is 0 Å². The molecule has 0 aromatic heterocycles. The van der Waals surface area contributed by atoms with Crippen molar-refractivity contribution < 1.29 is 24.3 Å². The lowest BCUT2D eigenvalue weighted by atomic mass is 9.97. The minimum atomic E-state index is -0.582. The minimum absolute atomic E-state index is 0.0281. The molecule has 3 heterocycles. The van der Waals surface area contributed by atoms with Crippen molar-refractivity contribution in [1.82, 2.24) is 0 Å². The number of ether oxygens (including phenoxy) is 2. The Kier molecular flexibility index (Phi) is 3.84. The molecule has 7 atom stereocenters. The molecule has 2 bridgehead atoms. The summed E-state index contributed by atoms with van der Waals surface area (Å²) in [7, 11) is 0. The first-order valence-electron chi connectivity index (χ1n) is 9.62. The molecule has 5 rings (SSSR count). The summed E-state index contributed by atoms with van der Waals surface area (Å²) in [6, 6.07) is 10.4. The van der Waals surface area contributed by atoms with Crippen molar-refractivity contribution in [3.8, 4) is 0 Å². The van der Waals surface area contributed by atoms with Gasteiger partial charge in [-0.05, 0) is 18.4 Å². The van der Waals surface area contributed by atoms with E-state index in [2.05, 4.69) is 0 Å². The van der Waals surface area contributed by atoms with Gasteiger partial charge in [-0.2, -0.15) is 0 Å². The number of aliphatic hydroxyl groups is 1. The summed E-state index contributed by atoms with van der Waals surface area (Å²) >= 11 is 0. The Balaban J connectivity index is 1.24. The number of hydrogen-bond acceptors (Lipinski definition) is 4. The summed E-state index contributed by atoms with van der Waals surface area (Å²) < 4.78 is 11.7. The van der Waals surface area contributed by atoms with Crippen LogP contribution in [0.2, 0.25) is 0 Å². The second-order valence-corrected chi connectivity index (χ2v) is 8.18. The van der Waals surface area contributed by atoms with Gasteiger partial charge < -0.3 is 19.5 Å². The van der Waals surface area contributed by atoms with Crippen LogP contribution in [-0.4, -0.2) is 54.6 Å². The largest absolute Gasteiger partial charge is 0.461 e. The van der Waals surface area contributed by atoms with Gasteiger partial charge >= 0.3 is 5.97 Å². The number of piperidine rings is 1. The van der Waals surface area contributed by atoms with Crippen molar-refractivity contribution in [2.45, 2.75) is 62.0 Å². The van der Waals surface area contributed by atoms with Crippen LogP contribution in [0.15, 0.2) is 30.3 Å². The normalized spacial score (nSPS) is 39.6. The molecule has 1 aliphatic carbocycles. The molecule has 2 N–H and O–H groups in total. The highest BCUT2D eigenvalue weighted by atomic mass is 16.6. The zero-order valence-corrected chi connectivity index (χ0v) is 14.3. The van der Waals surface area contributed by atoms with E-state index in [0.717, 1.165) is 24.3 Å². The van der Waals surface area contributed by atoms with Gasteiger partial charge in [0.05, 0.1) is 13.2 Å². The number of benzene rings is 1. The Labute approximate surface area is 147 Å². The zero-order chi connectivity index (χ0) is 17.0. The third-order valence-electron chi connectivity index (χ3n) is 6.51. The Morgan fingerprint density at radius 1 is 1.20 bits per heavy atom. The number of epoxide rings is 1. The van der Waals surface area contributed by atoms with Gasteiger partial charge in [-0.1, -0.05) is 30.3 Å². The van der Waals surface area contributed by atoms with Crippen molar-refractivity contribution in [2.75, 3.05) is 13.2 Å². The lowest BCUT2D eigenvalue weighted by molar-refractivity contribution is -0.951. The Morgan fingerprint density at radius 3 is 2.48 bits per heavy atom. The van der Waals surface area contributed by atoms with E-state index in [4.69, 9.17) is 9.47 Å². The molecule has 2 unspecified atom stereocenters. The molecule has 3 saturated heterocycles. The molecule has 5 nitrogen and oxygen atoms in total. The van der Waals surface area contributed by atoms with E-state index in [1.807, 2.05) is 30.3 Å². The number of carbonyl (C=O) groups is 1. The van der Waals surface area contributed by atoms with Gasteiger partial charge in [-0.25, -0.2) is 0 Å². The molecule has 1 saturated carbocycles. The van der Waals surface area contributed by atoms with Crippen molar-refractivity contribution in [3.05, 3.63) is 35.9 Å².